The van der Waals surface area contributed by atoms with Gasteiger partial charge in [0.05, 0.1) is 15.7 Å². The molecule has 0 bridgehead atoms. The Hall–Kier alpha value is -1.93. The molecule has 2 rings (SSSR count). The summed E-state index contributed by atoms with van der Waals surface area (Å²) in [5, 5.41) is 11.7. The van der Waals surface area contributed by atoms with Crippen molar-refractivity contribution < 1.29 is 8.78 Å². The maximum atomic E-state index is 14.0. The van der Waals surface area contributed by atoms with Gasteiger partial charge in [0.2, 0.25) is 0 Å². The number of anilines is 2. The zero-order valence-electron chi connectivity index (χ0n) is 9.97. The van der Waals surface area contributed by atoms with E-state index in [-0.39, 0.29) is 21.5 Å². The molecule has 0 heterocycles. The molecule has 2 aromatic carbocycles. The molecule has 0 aliphatic rings. The van der Waals surface area contributed by atoms with Gasteiger partial charge in [0.15, 0.2) is 5.82 Å². The van der Waals surface area contributed by atoms with Crippen LogP contribution in [0.25, 0.3) is 0 Å². The summed E-state index contributed by atoms with van der Waals surface area (Å²) >= 11 is 3.04. The lowest BCUT2D eigenvalue weighted by Gasteiger charge is -2.11. The van der Waals surface area contributed by atoms with Gasteiger partial charge in [0, 0.05) is 5.69 Å². The molecule has 0 radical (unpaired) electrons. The zero-order valence-corrected chi connectivity index (χ0v) is 11.6. The number of nitrogens with zero attached hydrogens (tertiary/aromatic N) is 1. The highest BCUT2D eigenvalue weighted by molar-refractivity contribution is 9.10. The van der Waals surface area contributed by atoms with Crippen LogP contribution in [0.4, 0.5) is 20.2 Å². The van der Waals surface area contributed by atoms with Crippen molar-refractivity contribution in [3.05, 3.63) is 57.6 Å². The van der Waals surface area contributed by atoms with Gasteiger partial charge in [-0.15, -0.1) is 0 Å². The summed E-state index contributed by atoms with van der Waals surface area (Å²) in [5.41, 5.74) is 1.72. The number of nitrogens with one attached hydrogen (secondary N) is 1. The average Bonchev–Trinajstić information content (AvgIpc) is 2.38. The molecule has 0 unspecified atom stereocenters. The largest absolute Gasteiger partial charge is 0.353 e. The summed E-state index contributed by atoms with van der Waals surface area (Å²) in [6.45, 7) is 1.72. The van der Waals surface area contributed by atoms with Crippen molar-refractivity contribution in [3.63, 3.8) is 0 Å². The molecule has 2 aromatic rings. The second-order valence-corrected chi connectivity index (χ2v) is 4.78. The lowest BCUT2D eigenvalue weighted by Crippen LogP contribution is -1.98. The first-order chi connectivity index (χ1) is 9.02. The van der Waals surface area contributed by atoms with Crippen LogP contribution in [0.5, 0.6) is 0 Å². The van der Waals surface area contributed by atoms with E-state index in [2.05, 4.69) is 21.2 Å². The molecule has 0 aromatic heterocycles. The summed E-state index contributed by atoms with van der Waals surface area (Å²) in [6.07, 6.45) is 0. The minimum Gasteiger partial charge on any atom is -0.353 e. The van der Waals surface area contributed by atoms with E-state index in [1.165, 1.54) is 30.3 Å². The molecule has 0 aliphatic heterocycles. The van der Waals surface area contributed by atoms with E-state index < -0.39 is 5.82 Å². The van der Waals surface area contributed by atoms with Gasteiger partial charge >= 0.3 is 0 Å². The van der Waals surface area contributed by atoms with Crippen LogP contribution >= 0.6 is 15.9 Å². The quantitative estimate of drug-likeness (QED) is 0.873. The molecule has 19 heavy (non-hydrogen) atoms. The first-order valence-electron chi connectivity index (χ1n) is 5.44. The van der Waals surface area contributed by atoms with E-state index >= 15 is 0 Å². The van der Waals surface area contributed by atoms with Crippen molar-refractivity contribution in [2.75, 3.05) is 5.32 Å². The van der Waals surface area contributed by atoms with Crippen LogP contribution < -0.4 is 5.32 Å². The normalized spacial score (nSPS) is 10.1. The van der Waals surface area contributed by atoms with Gasteiger partial charge in [0.25, 0.3) is 0 Å². The fourth-order valence-corrected chi connectivity index (χ4v) is 2.08. The SMILES string of the molecule is Cc1cc(F)ccc1Nc1ccc(C#N)c(Br)c1F. The van der Waals surface area contributed by atoms with Gasteiger partial charge in [0.1, 0.15) is 11.9 Å². The molecule has 0 saturated heterocycles. The Morgan fingerprint density at radius 1 is 1.16 bits per heavy atom. The summed E-state index contributed by atoms with van der Waals surface area (Å²) in [4.78, 5) is 0. The molecule has 0 aliphatic carbocycles. The maximum Gasteiger partial charge on any atom is 0.162 e. The van der Waals surface area contributed by atoms with E-state index in [1.807, 2.05) is 6.07 Å². The van der Waals surface area contributed by atoms with Gasteiger partial charge in [-0.25, -0.2) is 8.78 Å². The predicted octanol–water partition coefficient (Wildman–Crippen LogP) is 4.65. The average molecular weight is 323 g/mol. The molecule has 0 amide bonds. The lowest BCUT2D eigenvalue weighted by molar-refractivity contribution is 0.624. The third kappa shape index (κ3) is 2.74. The number of nitriles is 1. The molecule has 0 spiro atoms. The second-order valence-electron chi connectivity index (χ2n) is 3.98. The fraction of sp³-hybridized carbons (Fsp3) is 0.0714. The fourth-order valence-electron chi connectivity index (χ4n) is 1.64. The third-order valence-electron chi connectivity index (χ3n) is 2.66. The van der Waals surface area contributed by atoms with Crippen molar-refractivity contribution in [3.8, 4) is 6.07 Å². The molecule has 96 valence electrons. The van der Waals surface area contributed by atoms with Crippen LogP contribution in [-0.2, 0) is 0 Å². The number of halogens is 3. The van der Waals surface area contributed by atoms with Crippen molar-refractivity contribution >= 4 is 27.3 Å². The standard InChI is InChI=1S/C14H9BrF2N2/c1-8-6-10(16)3-5-11(8)19-12-4-2-9(7-18)13(15)14(12)17/h2-6,19H,1H3. The highest BCUT2D eigenvalue weighted by Crippen LogP contribution is 2.29. The van der Waals surface area contributed by atoms with Gasteiger partial charge < -0.3 is 5.32 Å². The van der Waals surface area contributed by atoms with E-state index in [4.69, 9.17) is 5.26 Å². The van der Waals surface area contributed by atoms with Crippen molar-refractivity contribution in [1.82, 2.24) is 0 Å². The molecular weight excluding hydrogens is 314 g/mol. The van der Waals surface area contributed by atoms with E-state index in [9.17, 15) is 8.78 Å². The lowest BCUT2D eigenvalue weighted by atomic mass is 10.1. The number of aryl methyl sites for hydroxylation is 1. The minimum atomic E-state index is -0.553. The number of hydrogen-bond donors (Lipinski definition) is 1. The van der Waals surface area contributed by atoms with Crippen molar-refractivity contribution in [2.45, 2.75) is 6.92 Å². The summed E-state index contributed by atoms with van der Waals surface area (Å²) < 4.78 is 27.1. The van der Waals surface area contributed by atoms with Crippen LogP contribution in [0.15, 0.2) is 34.8 Å². The molecule has 0 saturated carbocycles. The van der Waals surface area contributed by atoms with Gasteiger partial charge in [-0.3, -0.25) is 0 Å². The van der Waals surface area contributed by atoms with Gasteiger partial charge in [-0.2, -0.15) is 5.26 Å². The monoisotopic (exact) mass is 322 g/mol. The van der Waals surface area contributed by atoms with Crippen molar-refractivity contribution in [1.29, 1.82) is 5.26 Å². The van der Waals surface area contributed by atoms with Crippen LogP contribution in [0.3, 0.4) is 0 Å². The van der Waals surface area contributed by atoms with E-state index in [0.29, 0.717) is 11.3 Å². The summed E-state index contributed by atoms with van der Waals surface area (Å²) in [7, 11) is 0. The molecule has 5 heteroatoms. The maximum absolute atomic E-state index is 14.0. The molecule has 0 fully saturated rings. The number of benzene rings is 2. The predicted molar refractivity (Wildman–Crippen MR) is 73.2 cm³/mol. The minimum absolute atomic E-state index is 0.111. The smallest absolute Gasteiger partial charge is 0.162 e. The van der Waals surface area contributed by atoms with Crippen LogP contribution in [0.2, 0.25) is 0 Å². The van der Waals surface area contributed by atoms with Crippen molar-refractivity contribution in [2.24, 2.45) is 0 Å². The van der Waals surface area contributed by atoms with Gasteiger partial charge in [-0.05, 0) is 58.7 Å². The molecule has 1 N–H and O–H groups in total. The number of rotatable bonds is 2. The first kappa shape index (κ1) is 13.5. The highest BCUT2D eigenvalue weighted by Gasteiger charge is 2.12. The zero-order chi connectivity index (χ0) is 14.0. The Kier molecular flexibility index (Phi) is 3.82. The third-order valence-corrected chi connectivity index (χ3v) is 3.44. The molecule has 0 atom stereocenters. The second kappa shape index (κ2) is 5.37. The topological polar surface area (TPSA) is 35.8 Å². The Morgan fingerprint density at radius 3 is 2.47 bits per heavy atom. The molecular formula is C14H9BrF2N2. The van der Waals surface area contributed by atoms with E-state index in [1.54, 1.807) is 6.92 Å². The summed E-state index contributed by atoms with van der Waals surface area (Å²) in [5.74, 6) is -0.896. The Balaban J connectivity index is 2.39. The highest BCUT2D eigenvalue weighted by atomic mass is 79.9. The Bertz CT molecular complexity index is 678. The van der Waals surface area contributed by atoms with E-state index in [0.717, 1.165) is 0 Å². The van der Waals surface area contributed by atoms with Crippen LogP contribution in [0.1, 0.15) is 11.1 Å². The first-order valence-corrected chi connectivity index (χ1v) is 6.23. The number of hydrogen-bond acceptors (Lipinski definition) is 2. The molecule has 2 nitrogen and oxygen atoms in total. The summed E-state index contributed by atoms with van der Waals surface area (Å²) in [6, 6.07) is 9.06. The Labute approximate surface area is 117 Å². The Morgan fingerprint density at radius 2 is 1.84 bits per heavy atom. The van der Waals surface area contributed by atoms with Crippen LogP contribution in [0, 0.1) is 29.9 Å². The van der Waals surface area contributed by atoms with Crippen LogP contribution in [-0.4, -0.2) is 0 Å². The van der Waals surface area contributed by atoms with Gasteiger partial charge in [-0.1, -0.05) is 0 Å².